The Bertz CT molecular complexity index is 642. The molecule has 0 saturated carbocycles. The summed E-state index contributed by atoms with van der Waals surface area (Å²) in [6.45, 7) is 3.90. The van der Waals surface area contributed by atoms with Gasteiger partial charge in [0, 0.05) is 11.4 Å². The van der Waals surface area contributed by atoms with Gasteiger partial charge in [0.05, 0.1) is 12.2 Å². The van der Waals surface area contributed by atoms with Gasteiger partial charge in [-0.05, 0) is 45.2 Å². The number of aromatic nitrogens is 2. The highest BCUT2D eigenvalue weighted by atomic mass is 35.5. The van der Waals surface area contributed by atoms with E-state index in [4.69, 9.17) is 0 Å². The molecular weight excluding hydrogens is 295 g/mol. The molecule has 2 rings (SSSR count). The van der Waals surface area contributed by atoms with Gasteiger partial charge in [-0.15, -0.1) is 12.4 Å². The van der Waals surface area contributed by atoms with Gasteiger partial charge in [-0.25, -0.2) is 9.07 Å². The SMILES string of the molecule is CNCC(=O)Nc1ccc(-n2nc(C)cc2C)c(F)c1.Cl. The highest BCUT2D eigenvalue weighted by Crippen LogP contribution is 2.19. The number of halogens is 2. The van der Waals surface area contributed by atoms with Gasteiger partial charge in [0.25, 0.3) is 0 Å². The number of benzene rings is 1. The molecule has 1 aromatic heterocycles. The van der Waals surface area contributed by atoms with Gasteiger partial charge in [0.2, 0.25) is 5.91 Å². The minimum Gasteiger partial charge on any atom is -0.325 e. The van der Waals surface area contributed by atoms with E-state index >= 15 is 0 Å². The van der Waals surface area contributed by atoms with Gasteiger partial charge in [-0.1, -0.05) is 0 Å². The molecule has 0 spiro atoms. The normalized spacial score (nSPS) is 10.1. The minimum atomic E-state index is -0.432. The van der Waals surface area contributed by atoms with Gasteiger partial charge in [-0.2, -0.15) is 5.10 Å². The molecule has 1 heterocycles. The Hall–Kier alpha value is -1.92. The number of rotatable bonds is 4. The van der Waals surface area contributed by atoms with Crippen LogP contribution in [0.15, 0.2) is 24.3 Å². The Balaban J connectivity index is 0.00000220. The molecule has 2 aromatic rings. The van der Waals surface area contributed by atoms with E-state index in [-0.39, 0.29) is 24.9 Å². The monoisotopic (exact) mass is 312 g/mol. The standard InChI is InChI=1S/C14H17FN4O.ClH/c1-9-6-10(2)19(18-9)13-5-4-11(7-12(13)15)17-14(20)8-16-3;/h4-7,16H,8H2,1-3H3,(H,17,20);1H. The van der Waals surface area contributed by atoms with Gasteiger partial charge in [-0.3, -0.25) is 4.79 Å². The van der Waals surface area contributed by atoms with Crippen molar-refractivity contribution in [1.29, 1.82) is 0 Å². The van der Waals surface area contributed by atoms with Crippen LogP contribution in [0.1, 0.15) is 11.4 Å². The Morgan fingerprint density at radius 2 is 2.05 bits per heavy atom. The third-order valence-electron chi connectivity index (χ3n) is 2.81. The molecule has 0 aliphatic heterocycles. The second-order valence-corrected chi connectivity index (χ2v) is 4.58. The maximum atomic E-state index is 14.1. The minimum absolute atomic E-state index is 0. The van der Waals surface area contributed by atoms with Crippen LogP contribution < -0.4 is 10.6 Å². The zero-order valence-corrected chi connectivity index (χ0v) is 12.9. The van der Waals surface area contributed by atoms with Crippen molar-refractivity contribution in [3.8, 4) is 5.69 Å². The van der Waals surface area contributed by atoms with Crippen molar-refractivity contribution >= 4 is 24.0 Å². The van der Waals surface area contributed by atoms with Crippen LogP contribution >= 0.6 is 12.4 Å². The highest BCUT2D eigenvalue weighted by molar-refractivity contribution is 5.92. The summed E-state index contributed by atoms with van der Waals surface area (Å²) in [6.07, 6.45) is 0. The highest BCUT2D eigenvalue weighted by Gasteiger charge is 2.10. The fourth-order valence-electron chi connectivity index (χ4n) is 1.99. The molecule has 0 saturated heterocycles. The maximum Gasteiger partial charge on any atom is 0.238 e. The number of hydrogen-bond acceptors (Lipinski definition) is 3. The zero-order chi connectivity index (χ0) is 14.7. The fourth-order valence-corrected chi connectivity index (χ4v) is 1.99. The summed E-state index contributed by atoms with van der Waals surface area (Å²) in [6, 6.07) is 6.42. The summed E-state index contributed by atoms with van der Waals surface area (Å²) in [5.41, 5.74) is 2.47. The van der Waals surface area contributed by atoms with Crippen LogP contribution in [0.25, 0.3) is 5.69 Å². The number of nitrogens with zero attached hydrogens (tertiary/aromatic N) is 2. The van der Waals surface area contributed by atoms with E-state index in [1.165, 1.54) is 6.07 Å². The van der Waals surface area contributed by atoms with Crippen molar-refractivity contribution in [2.24, 2.45) is 0 Å². The molecule has 2 N–H and O–H groups in total. The topological polar surface area (TPSA) is 59.0 Å². The van der Waals surface area contributed by atoms with Gasteiger partial charge >= 0.3 is 0 Å². The fraction of sp³-hybridized carbons (Fsp3) is 0.286. The molecule has 0 unspecified atom stereocenters. The predicted octanol–water partition coefficient (Wildman–Crippen LogP) is 2.21. The molecule has 0 bridgehead atoms. The first-order valence-corrected chi connectivity index (χ1v) is 6.29. The first-order valence-electron chi connectivity index (χ1n) is 6.29. The molecule has 1 aromatic carbocycles. The Morgan fingerprint density at radius 3 is 2.57 bits per heavy atom. The number of amides is 1. The average molecular weight is 313 g/mol. The number of anilines is 1. The van der Waals surface area contributed by atoms with Gasteiger partial charge in [0.15, 0.2) is 5.82 Å². The van der Waals surface area contributed by atoms with E-state index < -0.39 is 5.82 Å². The molecule has 0 aliphatic rings. The molecule has 0 atom stereocenters. The second-order valence-electron chi connectivity index (χ2n) is 4.58. The third kappa shape index (κ3) is 4.03. The lowest BCUT2D eigenvalue weighted by Gasteiger charge is -2.09. The number of nitrogens with one attached hydrogen (secondary N) is 2. The van der Waals surface area contributed by atoms with Crippen molar-refractivity contribution in [1.82, 2.24) is 15.1 Å². The Morgan fingerprint density at radius 1 is 1.33 bits per heavy atom. The van der Waals surface area contributed by atoms with Crippen LogP contribution in [0, 0.1) is 19.7 Å². The largest absolute Gasteiger partial charge is 0.325 e. The predicted molar refractivity (Wildman–Crippen MR) is 82.8 cm³/mol. The summed E-state index contributed by atoms with van der Waals surface area (Å²) < 4.78 is 15.7. The number of likely N-dealkylation sites (N-methyl/N-ethyl adjacent to an activating group) is 1. The smallest absolute Gasteiger partial charge is 0.238 e. The van der Waals surface area contributed by atoms with Crippen LogP contribution in [0.2, 0.25) is 0 Å². The van der Waals surface area contributed by atoms with Crippen LogP contribution in [0.5, 0.6) is 0 Å². The number of hydrogen-bond donors (Lipinski definition) is 2. The number of aryl methyl sites for hydroxylation is 2. The van der Waals surface area contributed by atoms with E-state index in [0.717, 1.165) is 11.4 Å². The zero-order valence-electron chi connectivity index (χ0n) is 12.1. The molecule has 21 heavy (non-hydrogen) atoms. The van der Waals surface area contributed by atoms with Crippen LogP contribution in [0.4, 0.5) is 10.1 Å². The third-order valence-corrected chi connectivity index (χ3v) is 2.81. The van der Waals surface area contributed by atoms with Crippen molar-refractivity contribution in [2.75, 3.05) is 18.9 Å². The van der Waals surface area contributed by atoms with E-state index in [1.807, 2.05) is 19.9 Å². The molecule has 0 radical (unpaired) electrons. The van der Waals surface area contributed by atoms with Crippen molar-refractivity contribution < 1.29 is 9.18 Å². The number of carbonyl (C=O) groups is 1. The van der Waals surface area contributed by atoms with E-state index in [9.17, 15) is 9.18 Å². The van der Waals surface area contributed by atoms with E-state index in [1.54, 1.807) is 23.9 Å². The van der Waals surface area contributed by atoms with Crippen molar-refractivity contribution in [3.05, 3.63) is 41.5 Å². The average Bonchev–Trinajstić information content (AvgIpc) is 2.69. The van der Waals surface area contributed by atoms with Gasteiger partial charge in [0.1, 0.15) is 5.69 Å². The summed E-state index contributed by atoms with van der Waals surface area (Å²) in [4.78, 5) is 11.4. The summed E-state index contributed by atoms with van der Waals surface area (Å²) >= 11 is 0. The Labute approximate surface area is 129 Å². The first-order chi connectivity index (χ1) is 9.51. The van der Waals surface area contributed by atoms with Crippen LogP contribution in [0.3, 0.4) is 0 Å². The van der Waals surface area contributed by atoms with Crippen molar-refractivity contribution in [3.63, 3.8) is 0 Å². The molecule has 0 fully saturated rings. The van der Waals surface area contributed by atoms with E-state index in [0.29, 0.717) is 11.4 Å². The second kappa shape index (κ2) is 7.19. The molecule has 7 heteroatoms. The van der Waals surface area contributed by atoms with E-state index in [2.05, 4.69) is 15.7 Å². The lowest BCUT2D eigenvalue weighted by atomic mass is 10.2. The summed E-state index contributed by atoms with van der Waals surface area (Å²) in [7, 11) is 1.67. The summed E-state index contributed by atoms with van der Waals surface area (Å²) in [5, 5.41) is 9.58. The molecule has 1 amide bonds. The maximum absolute atomic E-state index is 14.1. The van der Waals surface area contributed by atoms with Crippen LogP contribution in [-0.2, 0) is 4.79 Å². The molecule has 5 nitrogen and oxygen atoms in total. The summed E-state index contributed by atoms with van der Waals surface area (Å²) in [5.74, 6) is -0.649. The molecular formula is C14H18ClFN4O. The lowest BCUT2D eigenvalue weighted by molar-refractivity contribution is -0.115. The molecule has 114 valence electrons. The number of carbonyl (C=O) groups excluding carboxylic acids is 1. The van der Waals surface area contributed by atoms with Crippen LogP contribution in [-0.4, -0.2) is 29.3 Å². The van der Waals surface area contributed by atoms with Crippen molar-refractivity contribution in [2.45, 2.75) is 13.8 Å². The van der Waals surface area contributed by atoms with Gasteiger partial charge < -0.3 is 10.6 Å². The molecule has 0 aliphatic carbocycles. The Kier molecular flexibility index (Phi) is 5.87. The quantitative estimate of drug-likeness (QED) is 0.910. The first kappa shape index (κ1) is 17.1. The lowest BCUT2D eigenvalue weighted by Crippen LogP contribution is -2.25.